The molecule has 0 saturated carbocycles. The fourth-order valence-corrected chi connectivity index (χ4v) is 1.97. The van der Waals surface area contributed by atoms with E-state index < -0.39 is 0 Å². The van der Waals surface area contributed by atoms with E-state index in [2.05, 4.69) is 5.32 Å². The van der Waals surface area contributed by atoms with Crippen LogP contribution in [0.4, 0.5) is 4.39 Å². The molecule has 1 saturated heterocycles. The summed E-state index contributed by atoms with van der Waals surface area (Å²) in [6.45, 7) is 1.85. The molecule has 0 bridgehead atoms. The molecule has 0 spiro atoms. The van der Waals surface area contributed by atoms with Crippen LogP contribution in [0.3, 0.4) is 0 Å². The molecule has 1 heterocycles. The van der Waals surface area contributed by atoms with Crippen LogP contribution in [0.1, 0.15) is 24.0 Å². The van der Waals surface area contributed by atoms with Crippen molar-refractivity contribution in [3.63, 3.8) is 0 Å². The number of nitriles is 1. The first-order valence-corrected chi connectivity index (χ1v) is 5.79. The van der Waals surface area contributed by atoms with E-state index in [1.165, 1.54) is 24.6 Å². The minimum atomic E-state index is -0.316. The molecule has 1 aliphatic rings. The van der Waals surface area contributed by atoms with Gasteiger partial charge < -0.3 is 10.1 Å². The van der Waals surface area contributed by atoms with Crippen molar-refractivity contribution < 1.29 is 9.13 Å². The first-order chi connectivity index (χ1) is 8.29. The van der Waals surface area contributed by atoms with Gasteiger partial charge in [0.25, 0.3) is 0 Å². The number of benzene rings is 1. The Hall–Kier alpha value is -1.44. The monoisotopic (exact) mass is 234 g/mol. The van der Waals surface area contributed by atoms with E-state index in [1.54, 1.807) is 0 Å². The average Bonchev–Trinajstić information content (AvgIpc) is 2.84. The fraction of sp³-hybridized carbons (Fsp3) is 0.462. The summed E-state index contributed by atoms with van der Waals surface area (Å²) in [7, 11) is 0. The molecule has 1 aromatic carbocycles. The molecule has 0 aromatic heterocycles. The smallest absolute Gasteiger partial charge is 0.128 e. The van der Waals surface area contributed by atoms with Crippen LogP contribution >= 0.6 is 0 Å². The van der Waals surface area contributed by atoms with Crippen molar-refractivity contribution in [3.8, 4) is 6.07 Å². The van der Waals surface area contributed by atoms with Crippen molar-refractivity contribution in [3.05, 3.63) is 35.1 Å². The summed E-state index contributed by atoms with van der Waals surface area (Å²) in [6, 6.07) is 6.70. The minimum absolute atomic E-state index is 0.222. The minimum Gasteiger partial charge on any atom is -0.375 e. The normalized spacial score (nSPS) is 19.2. The summed E-state index contributed by atoms with van der Waals surface area (Å²) in [4.78, 5) is 0. The molecule has 0 aliphatic carbocycles. The number of ether oxygens (including phenoxy) is 1. The van der Waals surface area contributed by atoms with Crippen molar-refractivity contribution >= 4 is 0 Å². The lowest BCUT2D eigenvalue weighted by atomic mass is 10.1. The van der Waals surface area contributed by atoms with Gasteiger partial charge in [0.1, 0.15) is 5.82 Å². The van der Waals surface area contributed by atoms with Crippen LogP contribution in [0, 0.1) is 17.1 Å². The molecule has 3 nitrogen and oxygen atoms in total. The SMILES string of the molecule is N#Cc1ccc(F)c(COCC2CCCN2)c1. The summed E-state index contributed by atoms with van der Waals surface area (Å²) in [5, 5.41) is 12.0. The zero-order valence-electron chi connectivity index (χ0n) is 9.58. The van der Waals surface area contributed by atoms with E-state index in [-0.39, 0.29) is 12.4 Å². The van der Waals surface area contributed by atoms with E-state index in [0.29, 0.717) is 23.8 Å². The molecular weight excluding hydrogens is 219 g/mol. The molecule has 1 aromatic rings. The first-order valence-electron chi connectivity index (χ1n) is 5.79. The molecule has 4 heteroatoms. The number of nitrogens with one attached hydrogen (secondary N) is 1. The Morgan fingerprint density at radius 1 is 1.53 bits per heavy atom. The van der Waals surface area contributed by atoms with Gasteiger partial charge in [0, 0.05) is 11.6 Å². The van der Waals surface area contributed by atoms with E-state index in [0.717, 1.165) is 13.0 Å². The zero-order valence-corrected chi connectivity index (χ0v) is 9.58. The van der Waals surface area contributed by atoms with Crippen molar-refractivity contribution in [2.75, 3.05) is 13.2 Å². The number of hydrogen-bond donors (Lipinski definition) is 1. The summed E-state index contributed by atoms with van der Waals surface area (Å²) in [6.07, 6.45) is 2.28. The molecule has 2 rings (SSSR count). The fourth-order valence-electron chi connectivity index (χ4n) is 1.97. The summed E-state index contributed by atoms with van der Waals surface area (Å²) >= 11 is 0. The second-order valence-corrected chi connectivity index (χ2v) is 4.23. The third-order valence-corrected chi connectivity index (χ3v) is 2.91. The molecule has 1 aliphatic heterocycles. The maximum Gasteiger partial charge on any atom is 0.128 e. The maximum atomic E-state index is 13.4. The number of nitrogens with zero attached hydrogens (tertiary/aromatic N) is 1. The van der Waals surface area contributed by atoms with Gasteiger partial charge in [0.2, 0.25) is 0 Å². The van der Waals surface area contributed by atoms with Crippen LogP contribution in [0.25, 0.3) is 0 Å². The molecule has 1 fully saturated rings. The zero-order chi connectivity index (χ0) is 12.1. The number of rotatable bonds is 4. The predicted octanol–water partition coefficient (Wildman–Crippen LogP) is 1.97. The highest BCUT2D eigenvalue weighted by Crippen LogP contribution is 2.12. The summed E-state index contributed by atoms with van der Waals surface area (Å²) in [5.41, 5.74) is 0.908. The highest BCUT2D eigenvalue weighted by atomic mass is 19.1. The number of halogens is 1. The van der Waals surface area contributed by atoms with Crippen LogP contribution in [-0.2, 0) is 11.3 Å². The third-order valence-electron chi connectivity index (χ3n) is 2.91. The van der Waals surface area contributed by atoms with Gasteiger partial charge in [-0.25, -0.2) is 4.39 Å². The Labute approximate surface area is 100 Å². The molecule has 1 atom stereocenters. The standard InChI is InChI=1S/C13H15FN2O/c14-13-4-3-10(7-15)6-11(13)8-17-9-12-2-1-5-16-12/h3-4,6,12,16H,1-2,5,8-9H2. The van der Waals surface area contributed by atoms with Crippen molar-refractivity contribution in [1.29, 1.82) is 5.26 Å². The van der Waals surface area contributed by atoms with Crippen molar-refractivity contribution in [2.45, 2.75) is 25.5 Å². The van der Waals surface area contributed by atoms with Gasteiger partial charge in [0.05, 0.1) is 24.8 Å². The Bertz CT molecular complexity index is 422. The van der Waals surface area contributed by atoms with Crippen LogP contribution in [0.15, 0.2) is 18.2 Å². The average molecular weight is 234 g/mol. The van der Waals surface area contributed by atoms with Gasteiger partial charge in [-0.15, -0.1) is 0 Å². The van der Waals surface area contributed by atoms with Crippen LogP contribution in [0.5, 0.6) is 0 Å². The Morgan fingerprint density at radius 2 is 2.41 bits per heavy atom. The molecular formula is C13H15FN2O. The molecule has 1 N–H and O–H groups in total. The van der Waals surface area contributed by atoms with E-state index in [4.69, 9.17) is 10.00 Å². The van der Waals surface area contributed by atoms with Gasteiger partial charge in [0.15, 0.2) is 0 Å². The maximum absolute atomic E-state index is 13.4. The van der Waals surface area contributed by atoms with Crippen LogP contribution in [-0.4, -0.2) is 19.2 Å². The van der Waals surface area contributed by atoms with E-state index >= 15 is 0 Å². The topological polar surface area (TPSA) is 45.0 Å². The Kier molecular flexibility index (Phi) is 4.08. The highest BCUT2D eigenvalue weighted by Gasteiger charge is 2.14. The Morgan fingerprint density at radius 3 is 3.12 bits per heavy atom. The quantitative estimate of drug-likeness (QED) is 0.866. The summed E-state index contributed by atoms with van der Waals surface area (Å²) < 4.78 is 18.9. The number of hydrogen-bond acceptors (Lipinski definition) is 3. The summed E-state index contributed by atoms with van der Waals surface area (Å²) in [5.74, 6) is -0.316. The predicted molar refractivity (Wildman–Crippen MR) is 61.8 cm³/mol. The van der Waals surface area contributed by atoms with E-state index in [1.807, 2.05) is 6.07 Å². The largest absolute Gasteiger partial charge is 0.375 e. The van der Waals surface area contributed by atoms with Gasteiger partial charge in [-0.1, -0.05) is 0 Å². The van der Waals surface area contributed by atoms with E-state index in [9.17, 15) is 4.39 Å². The molecule has 0 radical (unpaired) electrons. The molecule has 90 valence electrons. The van der Waals surface area contributed by atoms with Crippen LogP contribution in [0.2, 0.25) is 0 Å². The van der Waals surface area contributed by atoms with Crippen LogP contribution < -0.4 is 5.32 Å². The molecule has 1 unspecified atom stereocenters. The van der Waals surface area contributed by atoms with Crippen molar-refractivity contribution in [1.82, 2.24) is 5.32 Å². The second kappa shape index (κ2) is 5.76. The Balaban J connectivity index is 1.87. The molecule has 17 heavy (non-hydrogen) atoms. The van der Waals surface area contributed by atoms with Crippen molar-refractivity contribution in [2.24, 2.45) is 0 Å². The van der Waals surface area contributed by atoms with Gasteiger partial charge in [-0.3, -0.25) is 0 Å². The first kappa shape index (κ1) is 12.0. The van der Waals surface area contributed by atoms with Gasteiger partial charge in [-0.05, 0) is 37.6 Å². The molecule has 0 amide bonds. The lowest BCUT2D eigenvalue weighted by Gasteiger charge is -2.11. The van der Waals surface area contributed by atoms with Gasteiger partial charge in [-0.2, -0.15) is 5.26 Å². The van der Waals surface area contributed by atoms with Gasteiger partial charge >= 0.3 is 0 Å². The second-order valence-electron chi connectivity index (χ2n) is 4.23. The third kappa shape index (κ3) is 3.26. The lowest BCUT2D eigenvalue weighted by molar-refractivity contribution is 0.101. The highest BCUT2D eigenvalue weighted by molar-refractivity contribution is 5.33. The lowest BCUT2D eigenvalue weighted by Crippen LogP contribution is -2.26.